The molecule has 1 fully saturated rings. The van der Waals surface area contributed by atoms with E-state index < -0.39 is 0 Å². The van der Waals surface area contributed by atoms with Crippen LogP contribution in [0.5, 0.6) is 0 Å². The Bertz CT molecular complexity index is 636. The van der Waals surface area contributed by atoms with Crippen molar-refractivity contribution in [1.82, 2.24) is 9.88 Å². The van der Waals surface area contributed by atoms with Crippen molar-refractivity contribution in [3.05, 3.63) is 36.0 Å². The average molecular weight is 284 g/mol. The molecular formula is C18H24N2O. The van der Waals surface area contributed by atoms with Gasteiger partial charge in [0.25, 0.3) is 0 Å². The fourth-order valence-corrected chi connectivity index (χ4v) is 3.21. The molecule has 112 valence electrons. The van der Waals surface area contributed by atoms with Gasteiger partial charge in [0.2, 0.25) is 5.91 Å². The molecule has 3 heteroatoms. The zero-order valence-corrected chi connectivity index (χ0v) is 12.9. The van der Waals surface area contributed by atoms with Crippen molar-refractivity contribution in [2.24, 2.45) is 0 Å². The van der Waals surface area contributed by atoms with Gasteiger partial charge in [-0.3, -0.25) is 4.79 Å². The third-order valence-corrected chi connectivity index (χ3v) is 4.50. The van der Waals surface area contributed by atoms with Gasteiger partial charge >= 0.3 is 0 Å². The summed E-state index contributed by atoms with van der Waals surface area (Å²) >= 11 is 0. The van der Waals surface area contributed by atoms with E-state index in [9.17, 15) is 4.79 Å². The van der Waals surface area contributed by atoms with Crippen LogP contribution in [0, 0.1) is 0 Å². The van der Waals surface area contributed by atoms with Crippen LogP contribution in [0.4, 0.5) is 0 Å². The minimum atomic E-state index is 0.132. The summed E-state index contributed by atoms with van der Waals surface area (Å²) in [5.41, 5.74) is 2.48. The molecule has 0 atom stereocenters. The van der Waals surface area contributed by atoms with Gasteiger partial charge in [0.1, 0.15) is 6.54 Å². The van der Waals surface area contributed by atoms with Crippen LogP contribution in [0.2, 0.25) is 0 Å². The SMILES string of the molecule is CC(C)c1ccc2c(ccn2CC(=O)NC2CCCC2)c1. The molecule has 1 aromatic heterocycles. The van der Waals surface area contributed by atoms with Crippen molar-refractivity contribution in [1.29, 1.82) is 0 Å². The second kappa shape index (κ2) is 5.92. The van der Waals surface area contributed by atoms with Gasteiger partial charge in [0.15, 0.2) is 0 Å². The Morgan fingerprint density at radius 3 is 2.76 bits per heavy atom. The molecule has 0 unspecified atom stereocenters. The number of nitrogens with zero attached hydrogens (tertiary/aromatic N) is 1. The first-order valence-electron chi connectivity index (χ1n) is 8.01. The van der Waals surface area contributed by atoms with Gasteiger partial charge in [-0.15, -0.1) is 0 Å². The molecule has 1 amide bonds. The highest BCUT2D eigenvalue weighted by atomic mass is 16.2. The monoisotopic (exact) mass is 284 g/mol. The highest BCUT2D eigenvalue weighted by Crippen LogP contribution is 2.22. The Balaban J connectivity index is 1.73. The second-order valence-corrected chi connectivity index (χ2v) is 6.47. The summed E-state index contributed by atoms with van der Waals surface area (Å²) in [4.78, 5) is 12.2. The fourth-order valence-electron chi connectivity index (χ4n) is 3.21. The van der Waals surface area contributed by atoms with Gasteiger partial charge in [-0.25, -0.2) is 0 Å². The van der Waals surface area contributed by atoms with Crippen LogP contribution in [0.1, 0.15) is 51.0 Å². The van der Waals surface area contributed by atoms with Crippen LogP contribution < -0.4 is 5.32 Å². The fraction of sp³-hybridized carbons (Fsp3) is 0.500. The van der Waals surface area contributed by atoms with Gasteiger partial charge in [0.05, 0.1) is 0 Å². The lowest BCUT2D eigenvalue weighted by Gasteiger charge is -2.13. The van der Waals surface area contributed by atoms with E-state index in [1.807, 2.05) is 10.8 Å². The van der Waals surface area contributed by atoms with Crippen molar-refractivity contribution >= 4 is 16.8 Å². The molecule has 0 radical (unpaired) electrons. The van der Waals surface area contributed by atoms with Gasteiger partial charge in [-0.05, 0) is 47.9 Å². The lowest BCUT2D eigenvalue weighted by Crippen LogP contribution is -2.35. The van der Waals surface area contributed by atoms with Crippen molar-refractivity contribution in [3.63, 3.8) is 0 Å². The van der Waals surface area contributed by atoms with E-state index in [-0.39, 0.29) is 5.91 Å². The van der Waals surface area contributed by atoms with Gasteiger partial charge in [0, 0.05) is 17.8 Å². The maximum Gasteiger partial charge on any atom is 0.240 e. The molecule has 1 aliphatic rings. The third kappa shape index (κ3) is 3.12. The molecule has 3 nitrogen and oxygen atoms in total. The summed E-state index contributed by atoms with van der Waals surface area (Å²) < 4.78 is 2.05. The van der Waals surface area contributed by atoms with Crippen molar-refractivity contribution < 1.29 is 4.79 Å². The number of aromatic nitrogens is 1. The van der Waals surface area contributed by atoms with E-state index in [1.54, 1.807) is 0 Å². The first-order chi connectivity index (χ1) is 10.1. The number of amides is 1. The number of nitrogens with one attached hydrogen (secondary N) is 1. The zero-order valence-electron chi connectivity index (χ0n) is 12.9. The quantitative estimate of drug-likeness (QED) is 0.909. The predicted molar refractivity (Wildman–Crippen MR) is 86.4 cm³/mol. The molecule has 0 bridgehead atoms. The maximum absolute atomic E-state index is 12.2. The smallest absolute Gasteiger partial charge is 0.240 e. The molecule has 0 spiro atoms. The Morgan fingerprint density at radius 1 is 1.29 bits per heavy atom. The van der Waals surface area contributed by atoms with Crippen LogP contribution >= 0.6 is 0 Å². The van der Waals surface area contributed by atoms with Crippen LogP contribution in [0.25, 0.3) is 10.9 Å². The number of carbonyl (C=O) groups excluding carboxylic acids is 1. The molecule has 1 aliphatic carbocycles. The first-order valence-corrected chi connectivity index (χ1v) is 8.01. The van der Waals surface area contributed by atoms with E-state index >= 15 is 0 Å². The standard InChI is InChI=1S/C18H24N2O/c1-13(2)14-7-8-17-15(11-14)9-10-20(17)12-18(21)19-16-5-3-4-6-16/h7-11,13,16H,3-6,12H2,1-2H3,(H,19,21). The maximum atomic E-state index is 12.2. The minimum Gasteiger partial charge on any atom is -0.352 e. The Hall–Kier alpha value is -1.77. The highest BCUT2D eigenvalue weighted by Gasteiger charge is 2.17. The number of rotatable bonds is 4. The molecule has 1 aromatic carbocycles. The number of benzene rings is 1. The highest BCUT2D eigenvalue weighted by molar-refractivity contribution is 5.84. The third-order valence-electron chi connectivity index (χ3n) is 4.50. The first kappa shape index (κ1) is 14.2. The number of hydrogen-bond donors (Lipinski definition) is 1. The van der Waals surface area contributed by atoms with E-state index in [0.29, 0.717) is 18.5 Å². The number of hydrogen-bond acceptors (Lipinski definition) is 1. The van der Waals surface area contributed by atoms with Gasteiger partial charge in [-0.1, -0.05) is 32.8 Å². The van der Waals surface area contributed by atoms with Crippen LogP contribution in [0.15, 0.2) is 30.5 Å². The predicted octanol–water partition coefficient (Wildman–Crippen LogP) is 3.82. The summed E-state index contributed by atoms with van der Waals surface area (Å²) in [6.45, 7) is 4.82. The molecular weight excluding hydrogens is 260 g/mol. The topological polar surface area (TPSA) is 34.0 Å². The van der Waals surface area contributed by atoms with E-state index in [1.165, 1.54) is 23.8 Å². The average Bonchev–Trinajstić information content (AvgIpc) is 3.08. The van der Waals surface area contributed by atoms with Crippen LogP contribution in [-0.4, -0.2) is 16.5 Å². The molecule has 1 saturated carbocycles. The minimum absolute atomic E-state index is 0.132. The van der Waals surface area contributed by atoms with E-state index in [0.717, 1.165) is 18.4 Å². The Kier molecular flexibility index (Phi) is 4.00. The molecule has 21 heavy (non-hydrogen) atoms. The molecule has 1 N–H and O–H groups in total. The van der Waals surface area contributed by atoms with E-state index in [2.05, 4.69) is 43.4 Å². The molecule has 2 aromatic rings. The molecule has 0 saturated heterocycles. The van der Waals surface area contributed by atoms with Gasteiger partial charge in [-0.2, -0.15) is 0 Å². The summed E-state index contributed by atoms with van der Waals surface area (Å²) in [6, 6.07) is 9.02. The van der Waals surface area contributed by atoms with Crippen LogP contribution in [-0.2, 0) is 11.3 Å². The summed E-state index contributed by atoms with van der Waals surface area (Å²) in [5, 5.41) is 4.37. The molecule has 3 rings (SSSR count). The molecule has 0 aliphatic heterocycles. The van der Waals surface area contributed by atoms with Crippen molar-refractivity contribution in [3.8, 4) is 0 Å². The Labute approximate surface area is 126 Å². The zero-order chi connectivity index (χ0) is 14.8. The molecule has 1 heterocycles. The van der Waals surface area contributed by atoms with Crippen molar-refractivity contribution in [2.75, 3.05) is 0 Å². The van der Waals surface area contributed by atoms with Gasteiger partial charge < -0.3 is 9.88 Å². The summed E-state index contributed by atoms with van der Waals surface area (Å²) in [7, 11) is 0. The lowest BCUT2D eigenvalue weighted by atomic mass is 10.0. The lowest BCUT2D eigenvalue weighted by molar-refractivity contribution is -0.122. The normalized spacial score (nSPS) is 16.0. The summed E-state index contributed by atoms with van der Waals surface area (Å²) in [5.74, 6) is 0.663. The van der Waals surface area contributed by atoms with E-state index in [4.69, 9.17) is 0 Å². The number of fused-ring (bicyclic) bond motifs is 1. The second-order valence-electron chi connectivity index (χ2n) is 6.47. The largest absolute Gasteiger partial charge is 0.352 e. The Morgan fingerprint density at radius 2 is 2.05 bits per heavy atom. The summed E-state index contributed by atoms with van der Waals surface area (Å²) in [6.07, 6.45) is 6.78. The van der Waals surface area contributed by atoms with Crippen LogP contribution in [0.3, 0.4) is 0 Å². The number of carbonyl (C=O) groups is 1. The van der Waals surface area contributed by atoms with Crippen molar-refractivity contribution in [2.45, 2.75) is 58.0 Å².